The van der Waals surface area contributed by atoms with Crippen LogP contribution < -0.4 is 5.32 Å². The minimum atomic E-state index is -0.629. The molecule has 0 saturated heterocycles. The fourth-order valence-corrected chi connectivity index (χ4v) is 1.86. The summed E-state index contributed by atoms with van der Waals surface area (Å²) >= 11 is 0. The second-order valence-corrected chi connectivity index (χ2v) is 4.83. The number of rotatable bonds is 8. The van der Waals surface area contributed by atoms with E-state index in [2.05, 4.69) is 18.5 Å². The Labute approximate surface area is 131 Å². The van der Waals surface area contributed by atoms with Crippen LogP contribution in [0, 0.1) is 6.92 Å². The van der Waals surface area contributed by atoms with Gasteiger partial charge in [-0.3, -0.25) is 9.59 Å². The number of amides is 2. The molecule has 0 fully saturated rings. The van der Waals surface area contributed by atoms with E-state index in [0.29, 0.717) is 18.8 Å². The second-order valence-electron chi connectivity index (χ2n) is 4.83. The van der Waals surface area contributed by atoms with E-state index in [4.69, 9.17) is 4.42 Å². The molecule has 0 spiro atoms. The maximum atomic E-state index is 12.2. The molecule has 1 rings (SSSR count). The van der Waals surface area contributed by atoms with Gasteiger partial charge in [0, 0.05) is 19.2 Å². The maximum absolute atomic E-state index is 12.2. The minimum Gasteiger partial charge on any atom is -0.462 e. The molecule has 1 aromatic rings. The summed E-state index contributed by atoms with van der Waals surface area (Å²) in [7, 11) is 0. The largest absolute Gasteiger partial charge is 0.462 e. The van der Waals surface area contributed by atoms with Crippen LogP contribution >= 0.6 is 0 Å². The summed E-state index contributed by atoms with van der Waals surface area (Å²) in [5, 5.41) is 2.63. The van der Waals surface area contributed by atoms with Crippen LogP contribution in [0.4, 0.5) is 0 Å². The SMILES string of the molecule is C=CCN(CC=C)C(=O)C(C)NC(=O)/C=C/c1ccc(C)o1. The molecule has 5 nitrogen and oxygen atoms in total. The number of nitrogens with zero attached hydrogens (tertiary/aromatic N) is 1. The zero-order valence-corrected chi connectivity index (χ0v) is 13.0. The molecule has 0 aromatic carbocycles. The first kappa shape index (κ1) is 17.5. The average molecular weight is 302 g/mol. The number of aryl methyl sites for hydroxylation is 1. The average Bonchev–Trinajstić information content (AvgIpc) is 2.89. The van der Waals surface area contributed by atoms with E-state index in [9.17, 15) is 9.59 Å². The quantitative estimate of drug-likeness (QED) is 0.592. The lowest BCUT2D eigenvalue weighted by atomic mass is 10.2. The normalized spacial score (nSPS) is 11.9. The van der Waals surface area contributed by atoms with Gasteiger partial charge in [-0.25, -0.2) is 0 Å². The van der Waals surface area contributed by atoms with Crippen molar-refractivity contribution in [2.45, 2.75) is 19.9 Å². The zero-order chi connectivity index (χ0) is 16.5. The monoisotopic (exact) mass is 302 g/mol. The Balaban J connectivity index is 2.58. The van der Waals surface area contributed by atoms with E-state index in [-0.39, 0.29) is 11.8 Å². The molecule has 1 aromatic heterocycles. The van der Waals surface area contributed by atoms with Crippen LogP contribution in [-0.4, -0.2) is 35.8 Å². The van der Waals surface area contributed by atoms with Crippen LogP contribution in [0.3, 0.4) is 0 Å². The summed E-state index contributed by atoms with van der Waals surface area (Å²) in [6, 6.07) is 2.95. The lowest BCUT2D eigenvalue weighted by Gasteiger charge is -2.23. The molecule has 0 aliphatic carbocycles. The highest BCUT2D eigenvalue weighted by molar-refractivity contribution is 5.95. The molecule has 1 heterocycles. The standard InChI is InChI=1S/C17H22N2O3/c1-5-11-19(12-6-2)17(21)14(4)18-16(20)10-9-15-8-7-13(3)22-15/h5-10,14H,1-2,11-12H2,3-4H3,(H,18,20)/b10-9+. The number of furan rings is 1. The number of nitrogens with one attached hydrogen (secondary N) is 1. The topological polar surface area (TPSA) is 62.6 Å². The van der Waals surface area contributed by atoms with E-state index in [1.807, 2.05) is 13.0 Å². The highest BCUT2D eigenvalue weighted by atomic mass is 16.3. The van der Waals surface area contributed by atoms with E-state index >= 15 is 0 Å². The van der Waals surface area contributed by atoms with Crippen molar-refractivity contribution in [3.05, 3.63) is 55.0 Å². The number of carbonyl (C=O) groups excluding carboxylic acids is 2. The van der Waals surface area contributed by atoms with E-state index in [1.54, 1.807) is 36.1 Å². The first-order valence-electron chi connectivity index (χ1n) is 7.03. The predicted octanol–water partition coefficient (Wildman–Crippen LogP) is 2.31. The van der Waals surface area contributed by atoms with Gasteiger partial charge in [-0.1, -0.05) is 12.2 Å². The molecule has 1 atom stereocenters. The Hall–Kier alpha value is -2.56. The summed E-state index contributed by atoms with van der Waals surface area (Å²) in [5.74, 6) is 0.821. The van der Waals surface area contributed by atoms with E-state index < -0.39 is 6.04 Å². The summed E-state index contributed by atoms with van der Waals surface area (Å²) in [5.41, 5.74) is 0. The van der Waals surface area contributed by atoms with Gasteiger partial charge in [-0.15, -0.1) is 13.2 Å². The fourth-order valence-electron chi connectivity index (χ4n) is 1.86. The van der Waals surface area contributed by atoms with Gasteiger partial charge >= 0.3 is 0 Å². The Morgan fingerprint density at radius 2 is 1.95 bits per heavy atom. The van der Waals surface area contributed by atoms with Crippen molar-refractivity contribution in [2.24, 2.45) is 0 Å². The molecular formula is C17H22N2O3. The molecule has 0 aliphatic rings. The molecule has 0 aliphatic heterocycles. The van der Waals surface area contributed by atoms with Crippen LogP contribution in [-0.2, 0) is 9.59 Å². The molecule has 2 amide bonds. The van der Waals surface area contributed by atoms with E-state index in [0.717, 1.165) is 5.76 Å². The first-order chi connectivity index (χ1) is 10.5. The number of carbonyl (C=O) groups is 2. The van der Waals surface area contributed by atoms with Gasteiger partial charge in [0.2, 0.25) is 11.8 Å². The van der Waals surface area contributed by atoms with Crippen molar-refractivity contribution in [3.8, 4) is 0 Å². The van der Waals surface area contributed by atoms with Crippen LogP contribution in [0.1, 0.15) is 18.4 Å². The summed E-state index contributed by atoms with van der Waals surface area (Å²) in [6.07, 6.45) is 6.17. The summed E-state index contributed by atoms with van der Waals surface area (Å²) in [4.78, 5) is 25.6. The van der Waals surface area contributed by atoms with Gasteiger partial charge in [0.15, 0.2) is 0 Å². The Morgan fingerprint density at radius 1 is 1.32 bits per heavy atom. The van der Waals surface area contributed by atoms with Crippen molar-refractivity contribution in [1.82, 2.24) is 10.2 Å². The summed E-state index contributed by atoms with van der Waals surface area (Å²) < 4.78 is 5.32. The third-order valence-corrected chi connectivity index (χ3v) is 2.90. The van der Waals surface area contributed by atoms with Gasteiger partial charge < -0.3 is 14.6 Å². The maximum Gasteiger partial charge on any atom is 0.245 e. The van der Waals surface area contributed by atoms with Crippen molar-refractivity contribution in [3.63, 3.8) is 0 Å². The van der Waals surface area contributed by atoms with Crippen LogP contribution in [0.5, 0.6) is 0 Å². The van der Waals surface area contributed by atoms with Crippen LogP contribution in [0.25, 0.3) is 6.08 Å². The third kappa shape index (κ3) is 5.44. The van der Waals surface area contributed by atoms with Crippen LogP contribution in [0.2, 0.25) is 0 Å². The molecule has 0 saturated carbocycles. The van der Waals surface area contributed by atoms with Crippen molar-refractivity contribution < 1.29 is 14.0 Å². The van der Waals surface area contributed by atoms with E-state index in [1.165, 1.54) is 6.08 Å². The Kier molecular flexibility index (Phi) is 6.89. The molecule has 0 radical (unpaired) electrons. The van der Waals surface area contributed by atoms with Crippen molar-refractivity contribution in [1.29, 1.82) is 0 Å². The van der Waals surface area contributed by atoms with Gasteiger partial charge in [-0.2, -0.15) is 0 Å². The van der Waals surface area contributed by atoms with Crippen LogP contribution in [0.15, 0.2) is 47.9 Å². The smallest absolute Gasteiger partial charge is 0.245 e. The predicted molar refractivity (Wildman–Crippen MR) is 87.1 cm³/mol. The van der Waals surface area contributed by atoms with Gasteiger partial charge in [-0.05, 0) is 32.1 Å². The molecular weight excluding hydrogens is 280 g/mol. The van der Waals surface area contributed by atoms with Crippen molar-refractivity contribution >= 4 is 17.9 Å². The van der Waals surface area contributed by atoms with Gasteiger partial charge in [0.1, 0.15) is 17.6 Å². The Morgan fingerprint density at radius 3 is 2.45 bits per heavy atom. The molecule has 0 bridgehead atoms. The highest BCUT2D eigenvalue weighted by Crippen LogP contribution is 2.07. The molecule has 1 N–H and O–H groups in total. The molecule has 5 heteroatoms. The molecule has 22 heavy (non-hydrogen) atoms. The first-order valence-corrected chi connectivity index (χ1v) is 7.03. The third-order valence-electron chi connectivity index (χ3n) is 2.90. The number of hydrogen-bond acceptors (Lipinski definition) is 3. The number of hydrogen-bond donors (Lipinski definition) is 1. The Bertz CT molecular complexity index is 562. The minimum absolute atomic E-state index is 0.185. The van der Waals surface area contributed by atoms with Crippen molar-refractivity contribution in [2.75, 3.05) is 13.1 Å². The lowest BCUT2D eigenvalue weighted by Crippen LogP contribution is -2.46. The van der Waals surface area contributed by atoms with Gasteiger partial charge in [0.25, 0.3) is 0 Å². The molecule has 118 valence electrons. The van der Waals surface area contributed by atoms with Gasteiger partial charge in [0.05, 0.1) is 0 Å². The highest BCUT2D eigenvalue weighted by Gasteiger charge is 2.19. The second kappa shape index (κ2) is 8.67. The fraction of sp³-hybridized carbons (Fsp3) is 0.294. The molecule has 1 unspecified atom stereocenters. The summed E-state index contributed by atoms with van der Waals surface area (Å²) in [6.45, 7) is 11.5. The zero-order valence-electron chi connectivity index (χ0n) is 13.0. The lowest BCUT2D eigenvalue weighted by molar-refractivity contribution is -0.134.